The molecule has 0 aliphatic heterocycles. The molecule has 0 unspecified atom stereocenters. The molecule has 2 N–H and O–H groups in total. The first-order valence-corrected chi connectivity index (χ1v) is 3.96. The quantitative estimate of drug-likeness (QED) is 0.594. The van der Waals surface area contributed by atoms with Crippen molar-refractivity contribution in [2.45, 2.75) is 19.3 Å². The lowest BCUT2D eigenvalue weighted by Crippen LogP contribution is -2.00. The SMILES string of the molecule is Nc1nc(Cl)nc2c1CCC2. The van der Waals surface area contributed by atoms with Crippen LogP contribution in [-0.4, -0.2) is 9.97 Å². The van der Waals surface area contributed by atoms with Crippen molar-refractivity contribution in [3.05, 3.63) is 16.5 Å². The third kappa shape index (κ3) is 1.05. The van der Waals surface area contributed by atoms with Crippen molar-refractivity contribution >= 4 is 17.4 Å². The number of aryl methyl sites for hydroxylation is 1. The van der Waals surface area contributed by atoms with Crippen LogP contribution in [0.4, 0.5) is 5.82 Å². The fourth-order valence-corrected chi connectivity index (χ4v) is 1.62. The Bertz CT molecular complexity index is 298. The highest BCUT2D eigenvalue weighted by molar-refractivity contribution is 6.28. The van der Waals surface area contributed by atoms with Gasteiger partial charge in [-0.05, 0) is 30.9 Å². The molecule has 0 atom stereocenters. The molecule has 1 aromatic rings. The molecule has 1 heterocycles. The van der Waals surface area contributed by atoms with Crippen LogP contribution in [0.15, 0.2) is 0 Å². The minimum atomic E-state index is 0.267. The minimum Gasteiger partial charge on any atom is -0.383 e. The number of hydrogen-bond donors (Lipinski definition) is 1. The zero-order valence-electron chi connectivity index (χ0n) is 5.97. The Morgan fingerprint density at radius 2 is 2.09 bits per heavy atom. The van der Waals surface area contributed by atoms with Gasteiger partial charge in [0.05, 0.1) is 5.69 Å². The Balaban J connectivity index is 2.60. The summed E-state index contributed by atoms with van der Waals surface area (Å²) in [6, 6.07) is 0. The topological polar surface area (TPSA) is 51.8 Å². The predicted molar refractivity (Wildman–Crippen MR) is 43.5 cm³/mol. The molecule has 0 bridgehead atoms. The molecule has 1 aliphatic rings. The van der Waals surface area contributed by atoms with Crippen molar-refractivity contribution < 1.29 is 0 Å². The summed E-state index contributed by atoms with van der Waals surface area (Å²) in [6.07, 6.45) is 3.11. The lowest BCUT2D eigenvalue weighted by atomic mass is 10.2. The van der Waals surface area contributed by atoms with Gasteiger partial charge in [-0.1, -0.05) is 0 Å². The van der Waals surface area contributed by atoms with E-state index in [9.17, 15) is 0 Å². The van der Waals surface area contributed by atoms with Gasteiger partial charge in [-0.15, -0.1) is 0 Å². The molecule has 2 rings (SSSR count). The molecule has 0 amide bonds. The van der Waals surface area contributed by atoms with Crippen LogP contribution >= 0.6 is 11.6 Å². The third-order valence-electron chi connectivity index (χ3n) is 1.94. The molecule has 1 aromatic heterocycles. The van der Waals surface area contributed by atoms with E-state index in [1.807, 2.05) is 0 Å². The van der Waals surface area contributed by atoms with Crippen LogP contribution < -0.4 is 5.73 Å². The number of fused-ring (bicyclic) bond motifs is 1. The minimum absolute atomic E-state index is 0.267. The van der Waals surface area contributed by atoms with Crippen molar-refractivity contribution in [3.8, 4) is 0 Å². The zero-order valence-corrected chi connectivity index (χ0v) is 6.73. The number of halogens is 1. The van der Waals surface area contributed by atoms with Crippen LogP contribution in [0.2, 0.25) is 5.28 Å². The van der Waals surface area contributed by atoms with E-state index in [0.29, 0.717) is 5.82 Å². The molecule has 4 heteroatoms. The summed E-state index contributed by atoms with van der Waals surface area (Å²) >= 11 is 5.63. The summed E-state index contributed by atoms with van der Waals surface area (Å²) in [5.74, 6) is 0.553. The Morgan fingerprint density at radius 3 is 2.91 bits per heavy atom. The second-order valence-electron chi connectivity index (χ2n) is 2.66. The van der Waals surface area contributed by atoms with Crippen LogP contribution in [0, 0.1) is 0 Å². The van der Waals surface area contributed by atoms with E-state index in [4.69, 9.17) is 17.3 Å². The predicted octanol–water partition coefficient (Wildman–Crippen LogP) is 1.20. The number of anilines is 1. The highest BCUT2D eigenvalue weighted by Crippen LogP contribution is 2.24. The summed E-state index contributed by atoms with van der Waals surface area (Å²) in [5.41, 5.74) is 7.76. The number of nitrogen functional groups attached to an aromatic ring is 1. The lowest BCUT2D eigenvalue weighted by molar-refractivity contribution is 0.899. The fourth-order valence-electron chi connectivity index (χ4n) is 1.43. The lowest BCUT2D eigenvalue weighted by Gasteiger charge is -2.00. The van der Waals surface area contributed by atoms with Gasteiger partial charge < -0.3 is 5.73 Å². The normalized spacial score (nSPS) is 15.0. The van der Waals surface area contributed by atoms with Gasteiger partial charge >= 0.3 is 0 Å². The van der Waals surface area contributed by atoms with Crippen LogP contribution in [0.1, 0.15) is 17.7 Å². The molecule has 3 nitrogen and oxygen atoms in total. The van der Waals surface area contributed by atoms with Crippen LogP contribution in [0.25, 0.3) is 0 Å². The molecule has 1 aliphatic carbocycles. The second-order valence-corrected chi connectivity index (χ2v) is 2.99. The van der Waals surface area contributed by atoms with Crippen molar-refractivity contribution in [2.75, 3.05) is 5.73 Å². The highest BCUT2D eigenvalue weighted by atomic mass is 35.5. The average molecular weight is 170 g/mol. The van der Waals surface area contributed by atoms with E-state index in [2.05, 4.69) is 9.97 Å². The maximum absolute atomic E-state index is 5.64. The van der Waals surface area contributed by atoms with Gasteiger partial charge in [0.15, 0.2) is 0 Å². The molecule has 0 saturated carbocycles. The maximum Gasteiger partial charge on any atom is 0.224 e. The standard InChI is InChI=1S/C7H8ClN3/c8-7-10-5-3-1-2-4(5)6(9)11-7/h1-3H2,(H2,9,10,11). The summed E-state index contributed by atoms with van der Waals surface area (Å²) in [4.78, 5) is 7.97. The summed E-state index contributed by atoms with van der Waals surface area (Å²) < 4.78 is 0. The molecule has 0 fully saturated rings. The molecule has 0 spiro atoms. The van der Waals surface area contributed by atoms with Crippen molar-refractivity contribution in [1.29, 1.82) is 0 Å². The largest absolute Gasteiger partial charge is 0.383 e. The molecular formula is C7H8ClN3. The molecule has 11 heavy (non-hydrogen) atoms. The fraction of sp³-hybridized carbons (Fsp3) is 0.429. The van der Waals surface area contributed by atoms with E-state index in [0.717, 1.165) is 30.5 Å². The van der Waals surface area contributed by atoms with Gasteiger partial charge in [0.25, 0.3) is 0 Å². The smallest absolute Gasteiger partial charge is 0.224 e. The number of rotatable bonds is 0. The number of nitrogens with zero attached hydrogens (tertiary/aromatic N) is 2. The van der Waals surface area contributed by atoms with Gasteiger partial charge in [-0.25, -0.2) is 9.97 Å². The van der Waals surface area contributed by atoms with Gasteiger partial charge in [-0.2, -0.15) is 0 Å². The first kappa shape index (κ1) is 6.85. The number of aromatic nitrogens is 2. The van der Waals surface area contributed by atoms with E-state index in [1.54, 1.807) is 0 Å². The van der Waals surface area contributed by atoms with E-state index in [-0.39, 0.29) is 5.28 Å². The molecular weight excluding hydrogens is 162 g/mol. The Labute approximate surface area is 69.6 Å². The molecule has 0 aromatic carbocycles. The zero-order chi connectivity index (χ0) is 7.84. The maximum atomic E-state index is 5.64. The van der Waals surface area contributed by atoms with Crippen LogP contribution in [0.3, 0.4) is 0 Å². The Hall–Kier alpha value is -0.830. The van der Waals surface area contributed by atoms with Crippen LogP contribution in [-0.2, 0) is 12.8 Å². The first-order valence-electron chi connectivity index (χ1n) is 3.58. The number of hydrogen-bond acceptors (Lipinski definition) is 3. The van der Waals surface area contributed by atoms with Crippen molar-refractivity contribution in [2.24, 2.45) is 0 Å². The Morgan fingerprint density at radius 1 is 1.27 bits per heavy atom. The van der Waals surface area contributed by atoms with E-state index >= 15 is 0 Å². The summed E-state index contributed by atoms with van der Waals surface area (Å²) in [7, 11) is 0. The van der Waals surface area contributed by atoms with Gasteiger partial charge in [0, 0.05) is 5.56 Å². The summed E-state index contributed by atoms with van der Waals surface area (Å²) in [6.45, 7) is 0. The van der Waals surface area contributed by atoms with Gasteiger partial charge in [0.2, 0.25) is 5.28 Å². The second kappa shape index (κ2) is 2.34. The first-order chi connectivity index (χ1) is 5.27. The Kier molecular flexibility index (Phi) is 1.46. The van der Waals surface area contributed by atoms with Gasteiger partial charge in [0.1, 0.15) is 5.82 Å². The summed E-state index contributed by atoms with van der Waals surface area (Å²) in [5, 5.41) is 0.267. The molecule has 0 saturated heterocycles. The van der Waals surface area contributed by atoms with Gasteiger partial charge in [-0.3, -0.25) is 0 Å². The molecule has 0 radical (unpaired) electrons. The van der Waals surface area contributed by atoms with E-state index in [1.165, 1.54) is 0 Å². The third-order valence-corrected chi connectivity index (χ3v) is 2.11. The van der Waals surface area contributed by atoms with Crippen LogP contribution in [0.5, 0.6) is 0 Å². The van der Waals surface area contributed by atoms with Crippen molar-refractivity contribution in [3.63, 3.8) is 0 Å². The van der Waals surface area contributed by atoms with Crippen molar-refractivity contribution in [1.82, 2.24) is 9.97 Å². The average Bonchev–Trinajstić information content (AvgIpc) is 2.34. The highest BCUT2D eigenvalue weighted by Gasteiger charge is 2.16. The molecule has 58 valence electrons. The van der Waals surface area contributed by atoms with E-state index < -0.39 is 0 Å². The number of nitrogens with two attached hydrogens (primary N) is 1. The monoisotopic (exact) mass is 169 g/mol.